The molecule has 0 aliphatic rings. The molecule has 92 valence electrons. The number of aromatic nitrogens is 2. The van der Waals surface area contributed by atoms with Gasteiger partial charge >= 0.3 is 0 Å². The van der Waals surface area contributed by atoms with Gasteiger partial charge in [-0.3, -0.25) is 0 Å². The van der Waals surface area contributed by atoms with E-state index in [2.05, 4.69) is 29.1 Å². The minimum atomic E-state index is 0.633. The second-order valence-electron chi connectivity index (χ2n) is 4.41. The van der Waals surface area contributed by atoms with Crippen LogP contribution in [0, 0.1) is 12.8 Å². The third kappa shape index (κ3) is 3.14. The van der Waals surface area contributed by atoms with E-state index in [-0.39, 0.29) is 0 Å². The van der Waals surface area contributed by atoms with Crippen molar-refractivity contribution in [2.45, 2.75) is 27.3 Å². The Hall–Kier alpha value is -1.20. The molecule has 2 aromatic rings. The lowest BCUT2D eigenvalue weighted by molar-refractivity contribution is 0.459. The summed E-state index contributed by atoms with van der Waals surface area (Å²) in [6.07, 6.45) is 1.77. The van der Waals surface area contributed by atoms with Crippen molar-refractivity contribution in [3.8, 4) is 10.6 Å². The molecule has 0 aliphatic heterocycles. The normalized spacial score (nSPS) is 11.3. The van der Waals surface area contributed by atoms with Gasteiger partial charge in [0.05, 0.1) is 28.8 Å². The average molecular weight is 251 g/mol. The minimum Gasteiger partial charge on any atom is -0.438 e. The SMILES string of the molecule is Cc1ncsc1-c1cnc(CNCC(C)C)o1. The molecule has 0 saturated heterocycles. The van der Waals surface area contributed by atoms with Gasteiger partial charge in [0.15, 0.2) is 5.76 Å². The smallest absolute Gasteiger partial charge is 0.208 e. The fourth-order valence-corrected chi connectivity index (χ4v) is 2.25. The van der Waals surface area contributed by atoms with E-state index in [1.165, 1.54) is 0 Å². The van der Waals surface area contributed by atoms with Gasteiger partial charge in [-0.05, 0) is 19.4 Å². The summed E-state index contributed by atoms with van der Waals surface area (Å²) >= 11 is 1.58. The highest BCUT2D eigenvalue weighted by Crippen LogP contribution is 2.27. The number of nitrogens with one attached hydrogen (secondary N) is 1. The van der Waals surface area contributed by atoms with E-state index in [0.29, 0.717) is 12.5 Å². The minimum absolute atomic E-state index is 0.633. The van der Waals surface area contributed by atoms with Crippen LogP contribution in [0.15, 0.2) is 16.1 Å². The summed E-state index contributed by atoms with van der Waals surface area (Å²) in [5.74, 6) is 2.17. The van der Waals surface area contributed by atoms with Gasteiger partial charge in [0.1, 0.15) is 0 Å². The lowest BCUT2D eigenvalue weighted by Crippen LogP contribution is -2.18. The standard InChI is InChI=1S/C12H17N3OS/c1-8(2)4-13-6-11-14-5-10(16-11)12-9(3)15-7-17-12/h5,7-8,13H,4,6H2,1-3H3. The van der Waals surface area contributed by atoms with Crippen LogP contribution in [0.5, 0.6) is 0 Å². The number of nitrogens with zero attached hydrogens (tertiary/aromatic N) is 2. The zero-order valence-electron chi connectivity index (χ0n) is 10.4. The van der Waals surface area contributed by atoms with E-state index < -0.39 is 0 Å². The molecule has 0 saturated carbocycles. The van der Waals surface area contributed by atoms with Crippen LogP contribution in [0.1, 0.15) is 25.4 Å². The van der Waals surface area contributed by atoms with Gasteiger partial charge in [-0.15, -0.1) is 11.3 Å². The lowest BCUT2D eigenvalue weighted by Gasteiger charge is -2.04. The molecule has 2 heterocycles. The third-order valence-corrected chi connectivity index (χ3v) is 3.29. The molecule has 2 rings (SSSR count). The first-order valence-electron chi connectivity index (χ1n) is 5.72. The maximum Gasteiger partial charge on any atom is 0.208 e. The third-order valence-electron chi connectivity index (χ3n) is 2.35. The summed E-state index contributed by atoms with van der Waals surface area (Å²) in [7, 11) is 0. The molecule has 0 spiro atoms. The second-order valence-corrected chi connectivity index (χ2v) is 5.26. The monoisotopic (exact) mass is 251 g/mol. The molecule has 0 amide bonds. The van der Waals surface area contributed by atoms with E-state index >= 15 is 0 Å². The van der Waals surface area contributed by atoms with Crippen LogP contribution in [0.2, 0.25) is 0 Å². The molecule has 17 heavy (non-hydrogen) atoms. The second kappa shape index (κ2) is 5.42. The Kier molecular flexibility index (Phi) is 3.91. The van der Waals surface area contributed by atoms with Crippen LogP contribution in [-0.4, -0.2) is 16.5 Å². The predicted octanol–water partition coefficient (Wildman–Crippen LogP) is 2.85. The molecule has 2 aromatic heterocycles. The number of hydrogen-bond donors (Lipinski definition) is 1. The number of oxazole rings is 1. The van der Waals surface area contributed by atoms with Crippen LogP contribution >= 0.6 is 11.3 Å². The Bertz CT molecular complexity index is 476. The van der Waals surface area contributed by atoms with Crippen molar-refractivity contribution >= 4 is 11.3 Å². The highest BCUT2D eigenvalue weighted by molar-refractivity contribution is 7.13. The van der Waals surface area contributed by atoms with Gasteiger partial charge in [-0.1, -0.05) is 13.8 Å². The Morgan fingerprint density at radius 1 is 1.41 bits per heavy atom. The molecular formula is C12H17N3OS. The van der Waals surface area contributed by atoms with Crippen LogP contribution in [0.25, 0.3) is 10.6 Å². The molecule has 0 unspecified atom stereocenters. The largest absolute Gasteiger partial charge is 0.438 e. The van der Waals surface area contributed by atoms with Crippen molar-refractivity contribution in [3.05, 3.63) is 23.3 Å². The van der Waals surface area contributed by atoms with E-state index in [4.69, 9.17) is 4.42 Å². The maximum atomic E-state index is 5.69. The Labute approximate surface area is 105 Å². The van der Waals surface area contributed by atoms with Crippen molar-refractivity contribution in [2.24, 2.45) is 5.92 Å². The summed E-state index contributed by atoms with van der Waals surface area (Å²) in [6.45, 7) is 7.97. The summed E-state index contributed by atoms with van der Waals surface area (Å²) in [4.78, 5) is 9.53. The summed E-state index contributed by atoms with van der Waals surface area (Å²) < 4.78 is 5.69. The number of thiazole rings is 1. The van der Waals surface area contributed by atoms with E-state index in [9.17, 15) is 0 Å². The predicted molar refractivity (Wildman–Crippen MR) is 68.9 cm³/mol. The number of aryl methyl sites for hydroxylation is 1. The number of rotatable bonds is 5. The van der Waals surface area contributed by atoms with Gasteiger partial charge in [-0.2, -0.15) is 0 Å². The van der Waals surface area contributed by atoms with Gasteiger partial charge in [-0.25, -0.2) is 9.97 Å². The molecule has 4 nitrogen and oxygen atoms in total. The molecule has 0 bridgehead atoms. The van der Waals surface area contributed by atoms with Gasteiger partial charge in [0.25, 0.3) is 0 Å². The quantitative estimate of drug-likeness (QED) is 0.887. The molecule has 0 aliphatic carbocycles. The lowest BCUT2D eigenvalue weighted by atomic mass is 10.2. The highest BCUT2D eigenvalue weighted by atomic mass is 32.1. The molecule has 5 heteroatoms. The summed E-state index contributed by atoms with van der Waals surface area (Å²) in [6, 6.07) is 0. The van der Waals surface area contributed by atoms with Gasteiger partial charge in [0.2, 0.25) is 5.89 Å². The molecule has 1 N–H and O–H groups in total. The zero-order valence-corrected chi connectivity index (χ0v) is 11.2. The molecule has 0 fully saturated rings. The Morgan fingerprint density at radius 2 is 2.24 bits per heavy atom. The topological polar surface area (TPSA) is 51.0 Å². The van der Waals surface area contributed by atoms with Crippen LogP contribution in [-0.2, 0) is 6.54 Å². The summed E-state index contributed by atoms with van der Waals surface area (Å²) in [5.41, 5.74) is 2.82. The van der Waals surface area contributed by atoms with Crippen LogP contribution in [0.4, 0.5) is 0 Å². The first-order valence-corrected chi connectivity index (χ1v) is 6.60. The highest BCUT2D eigenvalue weighted by Gasteiger charge is 2.10. The molecule has 0 radical (unpaired) electrons. The van der Waals surface area contributed by atoms with E-state index in [0.717, 1.165) is 28.8 Å². The van der Waals surface area contributed by atoms with Crippen LogP contribution in [0.3, 0.4) is 0 Å². The van der Waals surface area contributed by atoms with Crippen LogP contribution < -0.4 is 5.32 Å². The fourth-order valence-electron chi connectivity index (χ4n) is 1.50. The van der Waals surface area contributed by atoms with Crippen molar-refractivity contribution in [1.29, 1.82) is 0 Å². The fraction of sp³-hybridized carbons (Fsp3) is 0.500. The Balaban J connectivity index is 1.99. The van der Waals surface area contributed by atoms with Crippen molar-refractivity contribution in [3.63, 3.8) is 0 Å². The average Bonchev–Trinajstić information content (AvgIpc) is 2.86. The van der Waals surface area contributed by atoms with E-state index in [1.807, 2.05) is 12.4 Å². The van der Waals surface area contributed by atoms with Gasteiger partial charge in [0, 0.05) is 0 Å². The van der Waals surface area contributed by atoms with Gasteiger partial charge < -0.3 is 9.73 Å². The van der Waals surface area contributed by atoms with Crippen molar-refractivity contribution in [2.75, 3.05) is 6.54 Å². The molecule has 0 aromatic carbocycles. The zero-order chi connectivity index (χ0) is 12.3. The molecule has 0 atom stereocenters. The van der Waals surface area contributed by atoms with E-state index in [1.54, 1.807) is 17.5 Å². The maximum absolute atomic E-state index is 5.69. The summed E-state index contributed by atoms with van der Waals surface area (Å²) in [5, 5.41) is 3.31. The Morgan fingerprint density at radius 3 is 2.88 bits per heavy atom. The molecular weight excluding hydrogens is 234 g/mol. The first-order chi connectivity index (χ1) is 8.16. The van der Waals surface area contributed by atoms with Crippen molar-refractivity contribution < 1.29 is 4.42 Å². The van der Waals surface area contributed by atoms with Crippen molar-refractivity contribution in [1.82, 2.24) is 15.3 Å². The first kappa shape index (κ1) is 12.3. The number of hydrogen-bond acceptors (Lipinski definition) is 5.